The summed E-state index contributed by atoms with van der Waals surface area (Å²) in [6.07, 6.45) is 5.80. The molecule has 0 aliphatic rings. The summed E-state index contributed by atoms with van der Waals surface area (Å²) >= 11 is 0. The molecular formula is C13H18N4. The highest BCUT2D eigenvalue weighted by Crippen LogP contribution is 2.13. The van der Waals surface area contributed by atoms with E-state index in [2.05, 4.69) is 39.9 Å². The summed E-state index contributed by atoms with van der Waals surface area (Å²) in [4.78, 5) is 8.63. The highest BCUT2D eigenvalue weighted by atomic mass is 15.2. The number of pyridine rings is 1. The molecule has 0 fully saturated rings. The standard InChI is InChI=1S/C13H18N4/c1-4-15-13-16-11(3)8-17(13)9-12-7-14-6-5-10(12)2/h5-8H,4,9H2,1-3H3,(H,15,16). The van der Waals surface area contributed by atoms with E-state index >= 15 is 0 Å². The molecule has 0 unspecified atom stereocenters. The van der Waals surface area contributed by atoms with Crippen LogP contribution in [0, 0.1) is 13.8 Å². The number of hydrogen-bond donors (Lipinski definition) is 1. The van der Waals surface area contributed by atoms with Gasteiger partial charge in [0, 0.05) is 25.1 Å². The summed E-state index contributed by atoms with van der Waals surface area (Å²) in [5.41, 5.74) is 3.51. The van der Waals surface area contributed by atoms with Gasteiger partial charge in [0.15, 0.2) is 0 Å². The van der Waals surface area contributed by atoms with Crippen molar-refractivity contribution in [3.63, 3.8) is 0 Å². The lowest BCUT2D eigenvalue weighted by atomic mass is 10.1. The summed E-state index contributed by atoms with van der Waals surface area (Å²) in [5, 5.41) is 3.27. The molecule has 0 atom stereocenters. The summed E-state index contributed by atoms with van der Waals surface area (Å²) in [6.45, 7) is 7.87. The molecule has 4 heteroatoms. The molecule has 0 saturated heterocycles. The van der Waals surface area contributed by atoms with E-state index in [1.54, 1.807) is 0 Å². The number of imidazole rings is 1. The van der Waals surface area contributed by atoms with Gasteiger partial charge in [-0.3, -0.25) is 4.98 Å². The Hall–Kier alpha value is -1.84. The fourth-order valence-electron chi connectivity index (χ4n) is 1.81. The fourth-order valence-corrected chi connectivity index (χ4v) is 1.81. The van der Waals surface area contributed by atoms with Crippen molar-refractivity contribution in [1.82, 2.24) is 14.5 Å². The van der Waals surface area contributed by atoms with Gasteiger partial charge in [0.2, 0.25) is 5.95 Å². The van der Waals surface area contributed by atoms with E-state index in [4.69, 9.17) is 0 Å². The van der Waals surface area contributed by atoms with Gasteiger partial charge in [-0.1, -0.05) is 0 Å². The van der Waals surface area contributed by atoms with Gasteiger partial charge < -0.3 is 9.88 Å². The summed E-state index contributed by atoms with van der Waals surface area (Å²) < 4.78 is 2.13. The molecule has 2 aromatic rings. The Morgan fingerprint density at radius 3 is 2.88 bits per heavy atom. The van der Waals surface area contributed by atoms with Crippen LogP contribution in [0.5, 0.6) is 0 Å². The maximum Gasteiger partial charge on any atom is 0.203 e. The highest BCUT2D eigenvalue weighted by molar-refractivity contribution is 5.31. The number of hydrogen-bond acceptors (Lipinski definition) is 3. The van der Waals surface area contributed by atoms with Gasteiger partial charge in [0.05, 0.1) is 12.2 Å². The van der Waals surface area contributed by atoms with Crippen molar-refractivity contribution < 1.29 is 0 Å². The smallest absolute Gasteiger partial charge is 0.203 e. The van der Waals surface area contributed by atoms with E-state index in [9.17, 15) is 0 Å². The minimum Gasteiger partial charge on any atom is -0.356 e. The van der Waals surface area contributed by atoms with Crippen LogP contribution in [-0.4, -0.2) is 21.1 Å². The lowest BCUT2D eigenvalue weighted by molar-refractivity contribution is 0.790. The van der Waals surface area contributed by atoms with Crippen molar-refractivity contribution in [3.05, 3.63) is 41.5 Å². The number of anilines is 1. The van der Waals surface area contributed by atoms with Crippen LogP contribution in [0.25, 0.3) is 0 Å². The second-order valence-corrected chi connectivity index (χ2v) is 4.17. The van der Waals surface area contributed by atoms with Gasteiger partial charge in [0.1, 0.15) is 0 Å². The lowest BCUT2D eigenvalue weighted by Gasteiger charge is -2.09. The molecule has 2 rings (SSSR count). The van der Waals surface area contributed by atoms with E-state index in [0.29, 0.717) is 0 Å². The van der Waals surface area contributed by atoms with Crippen molar-refractivity contribution in [2.45, 2.75) is 27.3 Å². The van der Waals surface area contributed by atoms with Crippen LogP contribution in [0.1, 0.15) is 23.7 Å². The Morgan fingerprint density at radius 1 is 1.35 bits per heavy atom. The van der Waals surface area contributed by atoms with Crippen LogP contribution in [0.4, 0.5) is 5.95 Å². The van der Waals surface area contributed by atoms with Gasteiger partial charge in [-0.2, -0.15) is 0 Å². The molecule has 4 nitrogen and oxygen atoms in total. The van der Waals surface area contributed by atoms with Crippen LogP contribution in [0.3, 0.4) is 0 Å². The van der Waals surface area contributed by atoms with Crippen molar-refractivity contribution in [1.29, 1.82) is 0 Å². The van der Waals surface area contributed by atoms with E-state index in [1.165, 1.54) is 11.1 Å². The summed E-state index contributed by atoms with van der Waals surface area (Å²) in [6, 6.07) is 2.03. The molecule has 17 heavy (non-hydrogen) atoms. The number of rotatable bonds is 4. The number of nitrogens with one attached hydrogen (secondary N) is 1. The fraction of sp³-hybridized carbons (Fsp3) is 0.385. The quantitative estimate of drug-likeness (QED) is 0.877. The first-order valence-corrected chi connectivity index (χ1v) is 5.88. The third-order valence-corrected chi connectivity index (χ3v) is 2.72. The monoisotopic (exact) mass is 230 g/mol. The lowest BCUT2D eigenvalue weighted by Crippen LogP contribution is -2.08. The third kappa shape index (κ3) is 2.64. The molecule has 0 amide bonds. The molecule has 0 saturated carbocycles. The predicted molar refractivity (Wildman–Crippen MR) is 69.2 cm³/mol. The van der Waals surface area contributed by atoms with E-state index in [1.807, 2.05) is 25.4 Å². The Labute approximate surface area is 102 Å². The van der Waals surface area contributed by atoms with Gasteiger partial charge in [0.25, 0.3) is 0 Å². The average molecular weight is 230 g/mol. The normalized spacial score (nSPS) is 10.5. The van der Waals surface area contributed by atoms with Crippen LogP contribution in [0.2, 0.25) is 0 Å². The van der Waals surface area contributed by atoms with Crippen molar-refractivity contribution in [2.24, 2.45) is 0 Å². The molecule has 90 valence electrons. The second kappa shape index (κ2) is 4.99. The summed E-state index contributed by atoms with van der Waals surface area (Å²) in [7, 11) is 0. The first-order valence-electron chi connectivity index (χ1n) is 5.88. The molecule has 0 spiro atoms. The maximum atomic E-state index is 4.46. The zero-order chi connectivity index (χ0) is 12.3. The van der Waals surface area contributed by atoms with E-state index < -0.39 is 0 Å². The van der Waals surface area contributed by atoms with Crippen LogP contribution >= 0.6 is 0 Å². The molecule has 2 aromatic heterocycles. The van der Waals surface area contributed by atoms with E-state index in [0.717, 1.165) is 24.7 Å². The second-order valence-electron chi connectivity index (χ2n) is 4.17. The van der Waals surface area contributed by atoms with Crippen molar-refractivity contribution in [3.8, 4) is 0 Å². The Kier molecular flexibility index (Phi) is 3.42. The predicted octanol–water partition coefficient (Wildman–Crippen LogP) is 2.38. The third-order valence-electron chi connectivity index (χ3n) is 2.72. The molecule has 0 aliphatic heterocycles. The average Bonchev–Trinajstić information content (AvgIpc) is 2.63. The van der Waals surface area contributed by atoms with Crippen LogP contribution in [-0.2, 0) is 6.54 Å². The molecule has 0 radical (unpaired) electrons. The maximum absolute atomic E-state index is 4.46. The Morgan fingerprint density at radius 2 is 2.18 bits per heavy atom. The zero-order valence-electron chi connectivity index (χ0n) is 10.6. The SMILES string of the molecule is CCNc1nc(C)cn1Cc1cnccc1C. The van der Waals surface area contributed by atoms with Crippen LogP contribution in [0.15, 0.2) is 24.7 Å². The minimum atomic E-state index is 0.808. The first kappa shape index (κ1) is 11.6. The Bertz CT molecular complexity index is 502. The van der Waals surface area contributed by atoms with Gasteiger partial charge in [-0.05, 0) is 38.0 Å². The topological polar surface area (TPSA) is 42.7 Å². The number of aryl methyl sites for hydroxylation is 2. The van der Waals surface area contributed by atoms with Gasteiger partial charge >= 0.3 is 0 Å². The summed E-state index contributed by atoms with van der Waals surface area (Å²) in [5.74, 6) is 0.924. The van der Waals surface area contributed by atoms with Crippen molar-refractivity contribution >= 4 is 5.95 Å². The molecule has 1 N–H and O–H groups in total. The zero-order valence-corrected chi connectivity index (χ0v) is 10.6. The Balaban J connectivity index is 2.26. The largest absolute Gasteiger partial charge is 0.356 e. The molecule has 0 aliphatic carbocycles. The van der Waals surface area contributed by atoms with Crippen molar-refractivity contribution in [2.75, 3.05) is 11.9 Å². The first-order chi connectivity index (χ1) is 8.20. The molecule has 0 bridgehead atoms. The molecule has 2 heterocycles. The van der Waals surface area contributed by atoms with Gasteiger partial charge in [-0.25, -0.2) is 4.98 Å². The van der Waals surface area contributed by atoms with Crippen LogP contribution < -0.4 is 5.32 Å². The minimum absolute atomic E-state index is 0.808. The number of nitrogens with zero attached hydrogens (tertiary/aromatic N) is 3. The highest BCUT2D eigenvalue weighted by Gasteiger charge is 2.06. The number of aromatic nitrogens is 3. The molecular weight excluding hydrogens is 212 g/mol. The molecule has 0 aromatic carbocycles. The van der Waals surface area contributed by atoms with E-state index in [-0.39, 0.29) is 0 Å². The van der Waals surface area contributed by atoms with Gasteiger partial charge in [-0.15, -0.1) is 0 Å².